The summed E-state index contributed by atoms with van der Waals surface area (Å²) in [4.78, 5) is 29.4. The number of aromatic amines is 1. The Hall–Kier alpha value is -2.39. The van der Waals surface area contributed by atoms with E-state index < -0.39 is 21.2 Å². The molecule has 0 atom stereocenters. The Balaban J connectivity index is 2.23. The van der Waals surface area contributed by atoms with Crippen molar-refractivity contribution in [3.63, 3.8) is 0 Å². The molecule has 1 aromatic carbocycles. The lowest BCUT2D eigenvalue weighted by atomic mass is 10.00. The Morgan fingerprint density at radius 3 is 2.60 bits per heavy atom. The summed E-state index contributed by atoms with van der Waals surface area (Å²) in [5, 5.41) is 6.19. The van der Waals surface area contributed by atoms with Crippen molar-refractivity contribution < 1.29 is 18.0 Å². The molecule has 8 nitrogen and oxygen atoms in total. The van der Waals surface area contributed by atoms with Crippen LogP contribution in [0.25, 0.3) is 0 Å². The van der Waals surface area contributed by atoms with Gasteiger partial charge in [-0.3, -0.25) is 19.4 Å². The molecule has 0 unspecified atom stereocenters. The number of nitrogens with one attached hydrogen (secondary N) is 1. The smallest absolute Gasteiger partial charge is 0.275 e. The summed E-state index contributed by atoms with van der Waals surface area (Å²) in [6, 6.07) is 2.59. The Morgan fingerprint density at radius 2 is 2.08 bits per heavy atom. The first-order valence-corrected chi connectivity index (χ1v) is 9.49. The number of benzene rings is 1. The number of rotatable bonds is 4. The summed E-state index contributed by atoms with van der Waals surface area (Å²) in [6.45, 7) is 0.297. The van der Waals surface area contributed by atoms with Gasteiger partial charge < -0.3 is 4.84 Å². The standard InChI is InChI=1S/C15H14ClN3O5S/c1-19-7-9(15(21)17-19)14(20)8-3-4-11(25(2,22)23)12(13(8)16)10-5-6-24-18-10/h3-4,7H,5-6H2,1-2H3,(H,17,21). The molecule has 10 heteroatoms. The second kappa shape index (κ2) is 6.16. The number of H-pyrrole nitrogens is 1. The van der Waals surface area contributed by atoms with Gasteiger partial charge in [0.1, 0.15) is 12.2 Å². The predicted octanol–water partition coefficient (Wildman–Crippen LogP) is 1.13. The van der Waals surface area contributed by atoms with Crippen molar-refractivity contribution in [2.75, 3.05) is 12.9 Å². The van der Waals surface area contributed by atoms with Crippen molar-refractivity contribution in [3.8, 4) is 0 Å². The minimum absolute atomic E-state index is 0.0235. The molecule has 1 N–H and O–H groups in total. The zero-order chi connectivity index (χ0) is 18.4. The molecule has 0 spiro atoms. The summed E-state index contributed by atoms with van der Waals surface area (Å²) in [7, 11) is -2.04. The minimum Gasteiger partial charge on any atom is -0.395 e. The molecule has 2 aromatic rings. The molecule has 0 saturated heterocycles. The molecule has 0 aliphatic carbocycles. The molecule has 0 radical (unpaired) electrons. The van der Waals surface area contributed by atoms with E-state index in [-0.39, 0.29) is 26.6 Å². The van der Waals surface area contributed by atoms with Gasteiger partial charge in [0.25, 0.3) is 5.56 Å². The third kappa shape index (κ3) is 3.12. The van der Waals surface area contributed by atoms with E-state index in [1.165, 1.54) is 23.0 Å². The molecule has 2 heterocycles. The number of nitrogens with zero attached hydrogens (tertiary/aromatic N) is 2. The van der Waals surface area contributed by atoms with Gasteiger partial charge in [-0.05, 0) is 12.1 Å². The summed E-state index contributed by atoms with van der Waals surface area (Å²) in [5.41, 5.74) is -0.136. The Labute approximate surface area is 147 Å². The number of ketones is 1. The molecule has 0 amide bonds. The number of sulfone groups is 1. The first-order chi connectivity index (χ1) is 11.7. The Bertz CT molecular complexity index is 1070. The molecule has 0 fully saturated rings. The van der Waals surface area contributed by atoms with Crippen molar-refractivity contribution in [2.45, 2.75) is 11.3 Å². The maximum absolute atomic E-state index is 12.7. The van der Waals surface area contributed by atoms with Gasteiger partial charge in [-0.25, -0.2) is 8.42 Å². The zero-order valence-corrected chi connectivity index (χ0v) is 14.9. The van der Waals surface area contributed by atoms with Gasteiger partial charge in [0, 0.05) is 37.0 Å². The van der Waals surface area contributed by atoms with Crippen molar-refractivity contribution in [2.24, 2.45) is 12.2 Å². The fourth-order valence-corrected chi connectivity index (χ4v) is 3.93. The molecule has 3 rings (SSSR count). The molecule has 0 saturated carbocycles. The van der Waals surface area contributed by atoms with Crippen LogP contribution in [-0.4, -0.2) is 42.6 Å². The first kappa shape index (κ1) is 17.4. The highest BCUT2D eigenvalue weighted by Gasteiger charge is 2.28. The average Bonchev–Trinajstić information content (AvgIpc) is 3.14. The SMILES string of the molecule is Cn1cc(C(=O)c2ccc(S(C)(=O)=O)c(C3=NOCC3)c2Cl)c(=O)[nH]1. The summed E-state index contributed by atoms with van der Waals surface area (Å²) >= 11 is 6.36. The number of hydrogen-bond acceptors (Lipinski definition) is 6. The van der Waals surface area contributed by atoms with Crippen molar-refractivity contribution >= 4 is 32.9 Å². The number of aryl methyl sites for hydroxylation is 1. The lowest BCUT2D eigenvalue weighted by Gasteiger charge is -2.12. The van der Waals surface area contributed by atoms with Gasteiger partial charge in [-0.15, -0.1) is 0 Å². The van der Waals surface area contributed by atoms with Crippen molar-refractivity contribution in [3.05, 3.63) is 50.4 Å². The molecule has 132 valence electrons. The summed E-state index contributed by atoms with van der Waals surface area (Å²) < 4.78 is 25.5. The highest BCUT2D eigenvalue weighted by molar-refractivity contribution is 7.90. The second-order valence-electron chi connectivity index (χ2n) is 5.62. The summed E-state index contributed by atoms with van der Waals surface area (Å²) in [6.07, 6.45) is 2.76. The monoisotopic (exact) mass is 383 g/mol. The lowest BCUT2D eigenvalue weighted by Crippen LogP contribution is -2.16. The number of aromatic nitrogens is 2. The van der Waals surface area contributed by atoms with Crippen LogP contribution in [0, 0.1) is 0 Å². The molecule has 25 heavy (non-hydrogen) atoms. The van der Waals surface area contributed by atoms with Crippen LogP contribution in [0.4, 0.5) is 0 Å². The summed E-state index contributed by atoms with van der Waals surface area (Å²) in [5.74, 6) is -0.604. The fraction of sp³-hybridized carbons (Fsp3) is 0.267. The predicted molar refractivity (Wildman–Crippen MR) is 91.1 cm³/mol. The van der Waals surface area contributed by atoms with Gasteiger partial charge in [-0.2, -0.15) is 0 Å². The van der Waals surface area contributed by atoms with Crippen LogP contribution in [0.3, 0.4) is 0 Å². The maximum Gasteiger partial charge on any atom is 0.275 e. The second-order valence-corrected chi connectivity index (χ2v) is 7.98. The molecular formula is C15H14ClN3O5S. The largest absolute Gasteiger partial charge is 0.395 e. The van der Waals surface area contributed by atoms with Crippen LogP contribution in [0.2, 0.25) is 5.02 Å². The van der Waals surface area contributed by atoms with Crippen LogP contribution in [0.1, 0.15) is 27.9 Å². The van der Waals surface area contributed by atoms with Gasteiger partial charge in [0.05, 0.1) is 15.6 Å². The van der Waals surface area contributed by atoms with Crippen molar-refractivity contribution in [1.82, 2.24) is 9.78 Å². The lowest BCUT2D eigenvalue weighted by molar-refractivity contribution is 0.103. The molecule has 1 aliphatic rings. The number of halogens is 1. The van der Waals surface area contributed by atoms with Crippen LogP contribution in [-0.2, 0) is 21.7 Å². The molecule has 1 aromatic heterocycles. The normalized spacial score (nSPS) is 14.3. The van der Waals surface area contributed by atoms with Crippen LogP contribution < -0.4 is 5.56 Å². The number of oxime groups is 1. The van der Waals surface area contributed by atoms with Gasteiger partial charge in [-0.1, -0.05) is 16.8 Å². The topological polar surface area (TPSA) is 111 Å². The first-order valence-electron chi connectivity index (χ1n) is 7.22. The van der Waals surface area contributed by atoms with Crippen LogP contribution in [0.5, 0.6) is 0 Å². The Kier molecular flexibility index (Phi) is 4.29. The average molecular weight is 384 g/mol. The third-order valence-electron chi connectivity index (χ3n) is 3.73. The van der Waals surface area contributed by atoms with Gasteiger partial charge >= 0.3 is 0 Å². The Morgan fingerprint density at radius 1 is 1.36 bits per heavy atom. The molecular weight excluding hydrogens is 370 g/mol. The number of hydrogen-bond donors (Lipinski definition) is 1. The number of carbonyl (C=O) groups is 1. The molecule has 0 bridgehead atoms. The van der Waals surface area contributed by atoms with Gasteiger partial charge in [0.2, 0.25) is 5.78 Å². The van der Waals surface area contributed by atoms with E-state index >= 15 is 0 Å². The van der Waals surface area contributed by atoms with E-state index in [0.29, 0.717) is 18.7 Å². The third-order valence-corrected chi connectivity index (χ3v) is 5.26. The highest BCUT2D eigenvalue weighted by Crippen LogP contribution is 2.31. The number of carbonyl (C=O) groups excluding carboxylic acids is 1. The quantitative estimate of drug-likeness (QED) is 0.795. The van der Waals surface area contributed by atoms with E-state index in [9.17, 15) is 18.0 Å². The van der Waals surface area contributed by atoms with E-state index in [1.54, 1.807) is 7.05 Å². The highest BCUT2D eigenvalue weighted by atomic mass is 35.5. The molecule has 1 aliphatic heterocycles. The maximum atomic E-state index is 12.7. The van der Waals surface area contributed by atoms with Crippen LogP contribution in [0.15, 0.2) is 33.2 Å². The minimum atomic E-state index is -3.61. The van der Waals surface area contributed by atoms with Gasteiger partial charge in [0.15, 0.2) is 9.84 Å². The van der Waals surface area contributed by atoms with E-state index in [0.717, 1.165) is 6.26 Å². The zero-order valence-electron chi connectivity index (χ0n) is 13.4. The van der Waals surface area contributed by atoms with E-state index in [1.807, 2.05) is 0 Å². The van der Waals surface area contributed by atoms with E-state index in [2.05, 4.69) is 10.3 Å². The van der Waals surface area contributed by atoms with Crippen LogP contribution >= 0.6 is 11.6 Å². The van der Waals surface area contributed by atoms with Crippen molar-refractivity contribution in [1.29, 1.82) is 0 Å². The fourth-order valence-electron chi connectivity index (χ4n) is 2.61. The van der Waals surface area contributed by atoms with E-state index in [4.69, 9.17) is 16.4 Å².